The number of carbonyl (C=O) groups excluding carboxylic acids is 2. The molecular formula is C22H26IN3O2. The Bertz CT molecular complexity index is 832. The first-order valence-electron chi connectivity index (χ1n) is 9.62. The van der Waals surface area contributed by atoms with Crippen LogP contribution in [0.25, 0.3) is 0 Å². The molecule has 0 saturated carbocycles. The molecule has 28 heavy (non-hydrogen) atoms. The summed E-state index contributed by atoms with van der Waals surface area (Å²) in [6, 6.07) is 16.0. The number of piperidine rings is 1. The fraction of sp³-hybridized carbons (Fsp3) is 0.364. The van der Waals surface area contributed by atoms with Gasteiger partial charge in [0.2, 0.25) is 5.91 Å². The van der Waals surface area contributed by atoms with Gasteiger partial charge in [-0.1, -0.05) is 36.4 Å². The molecule has 1 heterocycles. The van der Waals surface area contributed by atoms with Crippen LogP contribution in [-0.2, 0) is 11.3 Å². The highest BCUT2D eigenvalue weighted by molar-refractivity contribution is 14.1. The van der Waals surface area contributed by atoms with Crippen molar-refractivity contribution in [3.63, 3.8) is 0 Å². The number of hydrogen-bond donors (Lipinski definition) is 2. The fourth-order valence-corrected chi connectivity index (χ4v) is 4.08. The molecule has 6 heteroatoms. The summed E-state index contributed by atoms with van der Waals surface area (Å²) < 4.78 is 0.874. The van der Waals surface area contributed by atoms with Crippen molar-refractivity contribution in [2.24, 2.45) is 0 Å². The Morgan fingerprint density at radius 3 is 2.46 bits per heavy atom. The van der Waals surface area contributed by atoms with Gasteiger partial charge < -0.3 is 10.6 Å². The predicted molar refractivity (Wildman–Crippen MR) is 119 cm³/mol. The number of likely N-dealkylation sites (tertiary alicyclic amines) is 1. The van der Waals surface area contributed by atoms with Gasteiger partial charge in [0.25, 0.3) is 5.91 Å². The summed E-state index contributed by atoms with van der Waals surface area (Å²) in [6.45, 7) is 5.04. The van der Waals surface area contributed by atoms with Crippen LogP contribution >= 0.6 is 22.6 Å². The summed E-state index contributed by atoms with van der Waals surface area (Å²) in [7, 11) is 0. The van der Waals surface area contributed by atoms with Crippen LogP contribution in [0.1, 0.15) is 34.3 Å². The number of aryl methyl sites for hydroxylation is 1. The molecule has 0 spiro atoms. The minimum Gasteiger partial charge on any atom is -0.352 e. The van der Waals surface area contributed by atoms with Gasteiger partial charge in [-0.3, -0.25) is 14.5 Å². The number of rotatable bonds is 6. The number of benzene rings is 2. The minimum atomic E-state index is -0.215. The maximum absolute atomic E-state index is 12.2. The quantitative estimate of drug-likeness (QED) is 0.611. The summed E-state index contributed by atoms with van der Waals surface area (Å²) in [5, 5.41) is 5.76. The first kappa shape index (κ1) is 20.8. The van der Waals surface area contributed by atoms with E-state index in [-0.39, 0.29) is 24.4 Å². The van der Waals surface area contributed by atoms with Crippen LogP contribution < -0.4 is 10.6 Å². The first-order chi connectivity index (χ1) is 13.5. The fourth-order valence-electron chi connectivity index (χ4n) is 3.44. The molecule has 1 aliphatic rings. The van der Waals surface area contributed by atoms with Crippen molar-refractivity contribution in [2.45, 2.75) is 32.4 Å². The molecule has 2 N–H and O–H groups in total. The van der Waals surface area contributed by atoms with E-state index in [1.807, 2.05) is 18.2 Å². The molecule has 5 nitrogen and oxygen atoms in total. The van der Waals surface area contributed by atoms with Gasteiger partial charge >= 0.3 is 0 Å². The van der Waals surface area contributed by atoms with Crippen molar-refractivity contribution in [3.05, 3.63) is 68.8 Å². The summed E-state index contributed by atoms with van der Waals surface area (Å²) in [5.41, 5.74) is 3.28. The third-order valence-electron chi connectivity index (χ3n) is 5.14. The van der Waals surface area contributed by atoms with Gasteiger partial charge in [-0.05, 0) is 65.6 Å². The zero-order chi connectivity index (χ0) is 19.9. The number of hydrogen-bond acceptors (Lipinski definition) is 3. The monoisotopic (exact) mass is 491 g/mol. The third-order valence-corrected chi connectivity index (χ3v) is 6.08. The van der Waals surface area contributed by atoms with E-state index in [0.717, 1.165) is 36.0 Å². The van der Waals surface area contributed by atoms with E-state index in [2.05, 4.69) is 69.3 Å². The van der Waals surface area contributed by atoms with Crippen LogP contribution in [0.2, 0.25) is 0 Å². The van der Waals surface area contributed by atoms with Gasteiger partial charge in [0.05, 0.1) is 12.1 Å². The predicted octanol–water partition coefficient (Wildman–Crippen LogP) is 3.11. The lowest BCUT2D eigenvalue weighted by atomic mass is 10.0. The zero-order valence-corrected chi connectivity index (χ0v) is 18.2. The van der Waals surface area contributed by atoms with E-state index < -0.39 is 0 Å². The van der Waals surface area contributed by atoms with Crippen molar-refractivity contribution in [2.75, 3.05) is 19.6 Å². The number of amides is 2. The van der Waals surface area contributed by atoms with Crippen LogP contribution in [0, 0.1) is 10.5 Å². The number of halogens is 1. The highest BCUT2D eigenvalue weighted by atomic mass is 127. The Hall–Kier alpha value is -1.93. The number of nitrogens with one attached hydrogen (secondary N) is 2. The van der Waals surface area contributed by atoms with Gasteiger partial charge in [-0.25, -0.2) is 0 Å². The van der Waals surface area contributed by atoms with Crippen molar-refractivity contribution in [1.29, 1.82) is 0 Å². The molecule has 2 amide bonds. The highest BCUT2D eigenvalue weighted by Crippen LogP contribution is 2.16. The van der Waals surface area contributed by atoms with E-state index in [4.69, 9.17) is 0 Å². The average Bonchev–Trinajstić information content (AvgIpc) is 2.70. The molecule has 2 aromatic carbocycles. The molecule has 0 atom stereocenters. The van der Waals surface area contributed by atoms with E-state index in [9.17, 15) is 9.59 Å². The molecule has 0 aliphatic carbocycles. The summed E-state index contributed by atoms with van der Waals surface area (Å²) in [4.78, 5) is 26.8. The molecule has 2 aromatic rings. The molecular weight excluding hydrogens is 465 g/mol. The molecule has 148 valence electrons. The van der Waals surface area contributed by atoms with Gasteiger partial charge in [-0.15, -0.1) is 0 Å². The molecule has 1 aliphatic heterocycles. The van der Waals surface area contributed by atoms with Gasteiger partial charge in [0, 0.05) is 29.2 Å². The Labute approximate surface area is 180 Å². The Balaban J connectivity index is 1.40. The lowest BCUT2D eigenvalue weighted by Crippen LogP contribution is -2.47. The number of carbonyl (C=O) groups is 2. The van der Waals surface area contributed by atoms with E-state index in [0.29, 0.717) is 5.56 Å². The molecule has 0 aromatic heterocycles. The standard InChI is InChI=1S/C22H26IN3O2/c1-16-6-2-3-7-17(16)15-26-12-10-18(11-13-26)25-21(27)14-24-22(28)19-8-4-5-9-20(19)23/h2-9,18H,10-15H2,1H3,(H,24,28)(H,25,27). The molecule has 3 rings (SSSR count). The Kier molecular flexibility index (Phi) is 7.44. The number of nitrogens with zero attached hydrogens (tertiary/aromatic N) is 1. The largest absolute Gasteiger partial charge is 0.352 e. The van der Waals surface area contributed by atoms with Crippen LogP contribution in [-0.4, -0.2) is 42.4 Å². The smallest absolute Gasteiger partial charge is 0.252 e. The Morgan fingerprint density at radius 2 is 1.75 bits per heavy atom. The summed E-state index contributed by atoms with van der Waals surface area (Å²) in [5.74, 6) is -0.343. The van der Waals surface area contributed by atoms with Crippen LogP contribution in [0.4, 0.5) is 0 Å². The average molecular weight is 491 g/mol. The minimum absolute atomic E-state index is 0.00717. The van der Waals surface area contributed by atoms with Gasteiger partial charge in [-0.2, -0.15) is 0 Å². The van der Waals surface area contributed by atoms with Gasteiger partial charge in [0.15, 0.2) is 0 Å². The maximum atomic E-state index is 12.2. The first-order valence-corrected chi connectivity index (χ1v) is 10.7. The van der Waals surface area contributed by atoms with Crippen molar-refractivity contribution >= 4 is 34.4 Å². The molecule has 1 fully saturated rings. The van der Waals surface area contributed by atoms with Crippen molar-refractivity contribution < 1.29 is 9.59 Å². The molecule has 0 unspecified atom stereocenters. The van der Waals surface area contributed by atoms with Crippen LogP contribution in [0.15, 0.2) is 48.5 Å². The normalized spacial score (nSPS) is 15.2. The zero-order valence-electron chi connectivity index (χ0n) is 16.1. The summed E-state index contributed by atoms with van der Waals surface area (Å²) >= 11 is 2.12. The summed E-state index contributed by atoms with van der Waals surface area (Å²) in [6.07, 6.45) is 1.87. The third kappa shape index (κ3) is 5.78. The van der Waals surface area contributed by atoms with Crippen LogP contribution in [0.5, 0.6) is 0 Å². The van der Waals surface area contributed by atoms with Gasteiger partial charge in [0.1, 0.15) is 0 Å². The van der Waals surface area contributed by atoms with Crippen LogP contribution in [0.3, 0.4) is 0 Å². The van der Waals surface area contributed by atoms with E-state index in [1.54, 1.807) is 6.07 Å². The maximum Gasteiger partial charge on any atom is 0.252 e. The lowest BCUT2D eigenvalue weighted by molar-refractivity contribution is -0.121. The van der Waals surface area contributed by atoms with Crippen molar-refractivity contribution in [1.82, 2.24) is 15.5 Å². The van der Waals surface area contributed by atoms with E-state index >= 15 is 0 Å². The Morgan fingerprint density at radius 1 is 1.07 bits per heavy atom. The van der Waals surface area contributed by atoms with Crippen molar-refractivity contribution in [3.8, 4) is 0 Å². The topological polar surface area (TPSA) is 61.4 Å². The van der Waals surface area contributed by atoms with E-state index in [1.165, 1.54) is 11.1 Å². The molecule has 0 bridgehead atoms. The second-order valence-electron chi connectivity index (χ2n) is 7.21. The second kappa shape index (κ2) is 10.0. The molecule has 1 saturated heterocycles. The highest BCUT2D eigenvalue weighted by Gasteiger charge is 2.21. The molecule has 0 radical (unpaired) electrons. The SMILES string of the molecule is Cc1ccccc1CN1CCC(NC(=O)CNC(=O)c2ccccc2I)CC1. The lowest BCUT2D eigenvalue weighted by Gasteiger charge is -2.32. The second-order valence-corrected chi connectivity index (χ2v) is 8.37.